The molecule has 0 aliphatic heterocycles. The van der Waals surface area contributed by atoms with Crippen molar-refractivity contribution < 1.29 is 9.59 Å². The van der Waals surface area contributed by atoms with E-state index in [2.05, 4.69) is 20.6 Å². The molecule has 0 radical (unpaired) electrons. The summed E-state index contributed by atoms with van der Waals surface area (Å²) in [5.41, 5.74) is 0.512. The maximum absolute atomic E-state index is 12.2. The number of nitrogens with zero attached hydrogens (tertiary/aromatic N) is 4. The summed E-state index contributed by atoms with van der Waals surface area (Å²) < 4.78 is 1.72. The number of carbonyl (C=O) groups excluding carboxylic acids is 2. The lowest BCUT2D eigenvalue weighted by molar-refractivity contribution is -0.121. The summed E-state index contributed by atoms with van der Waals surface area (Å²) in [6, 6.07) is 5.20. The topological polar surface area (TPSA) is 113 Å². The second-order valence-electron chi connectivity index (χ2n) is 5.66. The van der Waals surface area contributed by atoms with Gasteiger partial charge >= 0.3 is 0 Å². The van der Waals surface area contributed by atoms with Crippen molar-refractivity contribution >= 4 is 11.8 Å². The zero-order valence-corrected chi connectivity index (χ0v) is 14.0. The highest BCUT2D eigenvalue weighted by atomic mass is 16.2. The first-order chi connectivity index (χ1) is 12.1. The molecule has 0 bridgehead atoms. The van der Waals surface area contributed by atoms with Gasteiger partial charge in [0.15, 0.2) is 0 Å². The molecule has 0 saturated carbocycles. The Balaban J connectivity index is 1.80. The highest BCUT2D eigenvalue weighted by Crippen LogP contribution is 2.08. The summed E-state index contributed by atoms with van der Waals surface area (Å²) in [5, 5.41) is 13.8. The minimum Gasteiger partial charge on any atom is -0.352 e. The summed E-state index contributed by atoms with van der Waals surface area (Å²) in [4.78, 5) is 31.9. The fourth-order valence-electron chi connectivity index (χ4n) is 2.26. The second kappa shape index (κ2) is 9.17. The summed E-state index contributed by atoms with van der Waals surface area (Å²) in [6.45, 7) is 2.42. The van der Waals surface area contributed by atoms with E-state index in [-0.39, 0.29) is 24.3 Å². The molecule has 2 aromatic rings. The van der Waals surface area contributed by atoms with Gasteiger partial charge in [-0.2, -0.15) is 5.26 Å². The summed E-state index contributed by atoms with van der Waals surface area (Å²) in [6.07, 6.45) is 7.59. The van der Waals surface area contributed by atoms with E-state index in [1.165, 1.54) is 0 Å². The molecule has 0 aromatic carbocycles. The highest BCUT2D eigenvalue weighted by molar-refractivity contribution is 5.94. The van der Waals surface area contributed by atoms with E-state index in [1.54, 1.807) is 41.6 Å². The van der Waals surface area contributed by atoms with E-state index >= 15 is 0 Å². The molecule has 0 fully saturated rings. The van der Waals surface area contributed by atoms with Crippen LogP contribution in [0.1, 0.15) is 30.1 Å². The van der Waals surface area contributed by atoms with Gasteiger partial charge in [0.05, 0.1) is 6.07 Å². The molecule has 1 unspecified atom stereocenters. The lowest BCUT2D eigenvalue weighted by atomic mass is 10.0. The molecule has 2 rings (SSSR count). The van der Waals surface area contributed by atoms with Crippen molar-refractivity contribution in [2.75, 3.05) is 13.1 Å². The van der Waals surface area contributed by atoms with Gasteiger partial charge in [-0.1, -0.05) is 6.92 Å². The van der Waals surface area contributed by atoms with Gasteiger partial charge in [-0.15, -0.1) is 0 Å². The Morgan fingerprint density at radius 1 is 1.36 bits per heavy atom. The fourth-order valence-corrected chi connectivity index (χ4v) is 2.26. The van der Waals surface area contributed by atoms with Gasteiger partial charge in [-0.3, -0.25) is 14.2 Å². The van der Waals surface area contributed by atoms with Crippen molar-refractivity contribution in [3.63, 3.8) is 0 Å². The average molecular weight is 340 g/mol. The van der Waals surface area contributed by atoms with Gasteiger partial charge in [-0.25, -0.2) is 9.97 Å². The first kappa shape index (κ1) is 18.1. The lowest BCUT2D eigenvalue weighted by Crippen LogP contribution is -2.28. The Morgan fingerprint density at radius 3 is 2.92 bits per heavy atom. The molecule has 8 heteroatoms. The van der Waals surface area contributed by atoms with Crippen LogP contribution in [0.25, 0.3) is 5.82 Å². The molecular formula is C17H20N6O2. The van der Waals surface area contributed by atoms with E-state index in [0.29, 0.717) is 30.8 Å². The molecule has 2 N–H and O–H groups in total. The Labute approximate surface area is 145 Å². The Bertz CT molecular complexity index is 751. The number of aromatic nitrogens is 3. The van der Waals surface area contributed by atoms with Crippen LogP contribution in [0.5, 0.6) is 0 Å². The van der Waals surface area contributed by atoms with Crippen LogP contribution in [0.3, 0.4) is 0 Å². The van der Waals surface area contributed by atoms with Crippen LogP contribution in [-0.4, -0.2) is 39.4 Å². The largest absolute Gasteiger partial charge is 0.352 e. The van der Waals surface area contributed by atoms with Crippen LogP contribution in [0.2, 0.25) is 0 Å². The number of hydrogen-bond acceptors (Lipinski definition) is 5. The Morgan fingerprint density at radius 2 is 2.20 bits per heavy atom. The van der Waals surface area contributed by atoms with Crippen molar-refractivity contribution in [2.45, 2.75) is 19.8 Å². The molecular weight excluding hydrogens is 320 g/mol. The summed E-state index contributed by atoms with van der Waals surface area (Å²) >= 11 is 0. The van der Waals surface area contributed by atoms with Crippen LogP contribution in [0, 0.1) is 17.2 Å². The zero-order chi connectivity index (χ0) is 18.1. The van der Waals surface area contributed by atoms with Gasteiger partial charge in [0.1, 0.15) is 18.7 Å². The third-order valence-electron chi connectivity index (χ3n) is 3.60. The molecule has 8 nitrogen and oxygen atoms in total. The number of amides is 2. The van der Waals surface area contributed by atoms with Gasteiger partial charge in [0, 0.05) is 37.1 Å². The molecule has 2 aromatic heterocycles. The molecule has 2 heterocycles. The Hall–Kier alpha value is -3.21. The number of hydrogen-bond donors (Lipinski definition) is 2. The molecule has 0 aliphatic carbocycles. The molecule has 0 aliphatic rings. The third kappa shape index (κ3) is 5.73. The van der Waals surface area contributed by atoms with Gasteiger partial charge in [0.25, 0.3) is 5.91 Å². The van der Waals surface area contributed by atoms with Crippen molar-refractivity contribution in [2.24, 2.45) is 5.92 Å². The van der Waals surface area contributed by atoms with E-state index in [1.807, 2.05) is 13.0 Å². The van der Waals surface area contributed by atoms with Crippen molar-refractivity contribution in [3.05, 3.63) is 42.6 Å². The van der Waals surface area contributed by atoms with Crippen molar-refractivity contribution in [3.8, 4) is 11.9 Å². The molecule has 1 atom stereocenters. The normalized spacial score (nSPS) is 11.4. The SMILES string of the molecule is CC(CCNC(=O)c1ccnc(-n2ccnc2)c1)CC(=O)NCC#N. The van der Waals surface area contributed by atoms with Crippen LogP contribution < -0.4 is 10.6 Å². The Kier molecular flexibility index (Phi) is 6.65. The van der Waals surface area contributed by atoms with E-state index in [9.17, 15) is 9.59 Å². The van der Waals surface area contributed by atoms with Crippen LogP contribution in [-0.2, 0) is 4.79 Å². The second-order valence-corrected chi connectivity index (χ2v) is 5.66. The highest BCUT2D eigenvalue weighted by Gasteiger charge is 2.11. The molecule has 0 spiro atoms. The van der Waals surface area contributed by atoms with Gasteiger partial charge in [-0.05, 0) is 24.5 Å². The van der Waals surface area contributed by atoms with Crippen LogP contribution in [0.4, 0.5) is 0 Å². The molecule has 130 valence electrons. The number of imidazole rings is 1. The summed E-state index contributed by atoms with van der Waals surface area (Å²) in [5.74, 6) is 0.384. The van der Waals surface area contributed by atoms with Crippen LogP contribution >= 0.6 is 0 Å². The number of pyridine rings is 1. The van der Waals surface area contributed by atoms with Gasteiger partial charge < -0.3 is 10.6 Å². The number of carbonyl (C=O) groups is 2. The van der Waals surface area contributed by atoms with E-state index in [0.717, 1.165) is 0 Å². The molecule has 2 amide bonds. The molecule has 25 heavy (non-hydrogen) atoms. The predicted molar refractivity (Wildman–Crippen MR) is 90.7 cm³/mol. The van der Waals surface area contributed by atoms with Crippen LogP contribution in [0.15, 0.2) is 37.1 Å². The van der Waals surface area contributed by atoms with Crippen molar-refractivity contribution in [1.29, 1.82) is 5.26 Å². The smallest absolute Gasteiger partial charge is 0.251 e. The maximum Gasteiger partial charge on any atom is 0.251 e. The van der Waals surface area contributed by atoms with Gasteiger partial charge in [0.2, 0.25) is 5.91 Å². The maximum atomic E-state index is 12.2. The predicted octanol–water partition coefficient (Wildman–Crippen LogP) is 1.05. The minimum absolute atomic E-state index is 0.0174. The summed E-state index contributed by atoms with van der Waals surface area (Å²) in [7, 11) is 0. The molecule has 0 saturated heterocycles. The number of nitriles is 1. The quantitative estimate of drug-likeness (QED) is 0.698. The number of rotatable bonds is 8. The monoisotopic (exact) mass is 340 g/mol. The van der Waals surface area contributed by atoms with E-state index < -0.39 is 0 Å². The fraction of sp³-hybridized carbons (Fsp3) is 0.353. The first-order valence-electron chi connectivity index (χ1n) is 7.96. The third-order valence-corrected chi connectivity index (χ3v) is 3.60. The first-order valence-corrected chi connectivity index (χ1v) is 7.96. The standard InChI is InChI=1S/C17H20N6O2/c1-13(10-16(24)21-7-4-18)2-5-22-17(25)14-3-6-20-15(11-14)23-9-8-19-12-23/h3,6,8-9,11-13H,2,5,7,10H2,1H3,(H,21,24)(H,22,25). The average Bonchev–Trinajstić information content (AvgIpc) is 3.14. The zero-order valence-electron chi connectivity index (χ0n) is 14.0. The lowest BCUT2D eigenvalue weighted by Gasteiger charge is -2.12. The van der Waals surface area contributed by atoms with Crippen molar-refractivity contribution in [1.82, 2.24) is 25.2 Å². The van der Waals surface area contributed by atoms with E-state index in [4.69, 9.17) is 5.26 Å². The number of nitrogens with one attached hydrogen (secondary N) is 2. The minimum atomic E-state index is -0.190.